The van der Waals surface area contributed by atoms with E-state index in [4.69, 9.17) is 4.74 Å². The summed E-state index contributed by atoms with van der Waals surface area (Å²) in [5.41, 5.74) is -0.0556. The van der Waals surface area contributed by atoms with Crippen LogP contribution in [0.5, 0.6) is 0 Å². The second-order valence-electron chi connectivity index (χ2n) is 3.04. The smallest absolute Gasteiger partial charge is 0.118 e. The summed E-state index contributed by atoms with van der Waals surface area (Å²) in [5, 5.41) is 3.31. The zero-order valence-corrected chi connectivity index (χ0v) is 7.62. The lowest BCUT2D eigenvalue weighted by Gasteiger charge is -2.27. The van der Waals surface area contributed by atoms with Crippen molar-refractivity contribution in [3.8, 4) is 0 Å². The van der Waals surface area contributed by atoms with Crippen LogP contribution in [-0.4, -0.2) is 18.9 Å². The first-order chi connectivity index (χ1) is 4.15. The molecule has 1 saturated heterocycles. The quantitative estimate of drug-likeness (QED) is 0.635. The summed E-state index contributed by atoms with van der Waals surface area (Å²) in [6.45, 7) is 8.28. The topological polar surface area (TPSA) is 21.3 Å². The van der Waals surface area contributed by atoms with Crippen LogP contribution in [0.15, 0.2) is 0 Å². The average molecular weight is 166 g/mol. The molecule has 0 saturated carbocycles. The van der Waals surface area contributed by atoms with E-state index in [9.17, 15) is 0 Å². The van der Waals surface area contributed by atoms with E-state index < -0.39 is 0 Å². The van der Waals surface area contributed by atoms with Crippen LogP contribution >= 0.6 is 12.4 Å². The molecule has 1 aliphatic rings. The summed E-state index contributed by atoms with van der Waals surface area (Å²) in [7, 11) is 0. The molecule has 1 N–H and O–H groups in total. The lowest BCUT2D eigenvalue weighted by Crippen LogP contribution is -2.42. The molecule has 10 heavy (non-hydrogen) atoms. The van der Waals surface area contributed by atoms with E-state index in [2.05, 4.69) is 26.1 Å². The Bertz CT molecular complexity index is 99.8. The molecule has 0 spiro atoms. The molecule has 1 aliphatic heterocycles. The molecular weight excluding hydrogens is 150 g/mol. The molecule has 3 heteroatoms. The summed E-state index contributed by atoms with van der Waals surface area (Å²) < 4.78 is 5.49. The SMILES string of the molecule is CC(C)C1(C)NCCO1.Cl. The molecule has 2 nitrogen and oxygen atoms in total. The van der Waals surface area contributed by atoms with Gasteiger partial charge >= 0.3 is 0 Å². The Hall–Kier alpha value is 0.210. The maximum Gasteiger partial charge on any atom is 0.118 e. The molecule has 1 atom stereocenters. The third-order valence-corrected chi connectivity index (χ3v) is 2.08. The summed E-state index contributed by atoms with van der Waals surface area (Å²) in [4.78, 5) is 0. The van der Waals surface area contributed by atoms with E-state index >= 15 is 0 Å². The second kappa shape index (κ2) is 3.56. The van der Waals surface area contributed by atoms with E-state index in [1.807, 2.05) is 0 Å². The fourth-order valence-corrected chi connectivity index (χ4v) is 0.984. The van der Waals surface area contributed by atoms with Crippen molar-refractivity contribution < 1.29 is 4.74 Å². The minimum atomic E-state index is -0.0556. The van der Waals surface area contributed by atoms with Crippen LogP contribution in [0.25, 0.3) is 0 Å². The van der Waals surface area contributed by atoms with Gasteiger partial charge in [0.2, 0.25) is 0 Å². The predicted molar refractivity (Wildman–Crippen MR) is 44.4 cm³/mol. The Morgan fingerprint density at radius 1 is 1.50 bits per heavy atom. The molecule has 0 amide bonds. The molecule has 1 rings (SSSR count). The van der Waals surface area contributed by atoms with E-state index in [1.54, 1.807) is 0 Å². The molecule has 0 aromatic carbocycles. The van der Waals surface area contributed by atoms with Gasteiger partial charge in [-0.15, -0.1) is 12.4 Å². The Morgan fingerprint density at radius 3 is 2.30 bits per heavy atom. The standard InChI is InChI=1S/C7H15NO.ClH/c1-6(2)7(3)8-4-5-9-7;/h6,8H,4-5H2,1-3H3;1H. The van der Waals surface area contributed by atoms with Crippen LogP contribution < -0.4 is 5.32 Å². The highest BCUT2D eigenvalue weighted by atomic mass is 35.5. The monoisotopic (exact) mass is 165 g/mol. The summed E-state index contributed by atoms with van der Waals surface area (Å²) in [6.07, 6.45) is 0. The molecule has 0 radical (unpaired) electrons. The van der Waals surface area contributed by atoms with E-state index in [1.165, 1.54) is 0 Å². The fraction of sp³-hybridized carbons (Fsp3) is 1.00. The molecule has 1 fully saturated rings. The first-order valence-corrected chi connectivity index (χ1v) is 3.54. The van der Waals surface area contributed by atoms with Gasteiger partial charge < -0.3 is 4.74 Å². The highest BCUT2D eigenvalue weighted by molar-refractivity contribution is 5.85. The van der Waals surface area contributed by atoms with Gasteiger partial charge in [0.05, 0.1) is 6.61 Å². The van der Waals surface area contributed by atoms with Crippen molar-refractivity contribution in [3.63, 3.8) is 0 Å². The predicted octanol–water partition coefficient (Wildman–Crippen LogP) is 1.40. The summed E-state index contributed by atoms with van der Waals surface area (Å²) in [6, 6.07) is 0. The van der Waals surface area contributed by atoms with E-state index in [0.29, 0.717) is 5.92 Å². The van der Waals surface area contributed by atoms with Crippen molar-refractivity contribution in [1.82, 2.24) is 5.32 Å². The van der Waals surface area contributed by atoms with Crippen molar-refractivity contribution in [2.24, 2.45) is 5.92 Å². The number of halogens is 1. The number of ether oxygens (including phenoxy) is 1. The van der Waals surface area contributed by atoms with Gasteiger partial charge in [-0.1, -0.05) is 13.8 Å². The zero-order valence-electron chi connectivity index (χ0n) is 6.81. The summed E-state index contributed by atoms with van der Waals surface area (Å²) in [5.74, 6) is 0.556. The van der Waals surface area contributed by atoms with Gasteiger partial charge in [0.15, 0.2) is 0 Å². The third-order valence-electron chi connectivity index (χ3n) is 2.08. The van der Waals surface area contributed by atoms with Gasteiger partial charge in [-0.2, -0.15) is 0 Å². The molecule has 1 heterocycles. The Morgan fingerprint density at radius 2 is 2.10 bits per heavy atom. The lowest BCUT2D eigenvalue weighted by molar-refractivity contribution is -0.0312. The van der Waals surface area contributed by atoms with Gasteiger partial charge in [-0.05, 0) is 12.8 Å². The molecule has 0 aliphatic carbocycles. The Labute approximate surface area is 68.7 Å². The third kappa shape index (κ3) is 1.84. The van der Waals surface area contributed by atoms with E-state index in [0.717, 1.165) is 13.2 Å². The van der Waals surface area contributed by atoms with Gasteiger partial charge in [0, 0.05) is 6.54 Å². The number of nitrogens with one attached hydrogen (secondary N) is 1. The highest BCUT2D eigenvalue weighted by Crippen LogP contribution is 2.20. The van der Waals surface area contributed by atoms with Crippen molar-refractivity contribution in [2.75, 3.05) is 13.2 Å². The van der Waals surface area contributed by atoms with Crippen LogP contribution in [-0.2, 0) is 4.74 Å². The molecule has 0 aromatic heterocycles. The minimum Gasteiger partial charge on any atom is -0.359 e. The van der Waals surface area contributed by atoms with Gasteiger partial charge in [-0.25, -0.2) is 0 Å². The molecular formula is C7H16ClNO. The van der Waals surface area contributed by atoms with Crippen molar-refractivity contribution in [3.05, 3.63) is 0 Å². The van der Waals surface area contributed by atoms with Crippen LogP contribution in [0, 0.1) is 5.92 Å². The number of hydrogen-bond acceptors (Lipinski definition) is 2. The average Bonchev–Trinajstić information content (AvgIpc) is 2.16. The first kappa shape index (κ1) is 10.2. The molecule has 0 bridgehead atoms. The van der Waals surface area contributed by atoms with Crippen LogP contribution in [0.2, 0.25) is 0 Å². The number of hydrogen-bond donors (Lipinski definition) is 1. The van der Waals surface area contributed by atoms with Crippen molar-refractivity contribution in [2.45, 2.75) is 26.5 Å². The zero-order chi connectivity index (χ0) is 6.91. The van der Waals surface area contributed by atoms with Gasteiger partial charge in [-0.3, -0.25) is 5.32 Å². The fourth-order valence-electron chi connectivity index (χ4n) is 0.984. The normalized spacial score (nSPS) is 32.4. The van der Waals surface area contributed by atoms with Crippen LogP contribution in [0.3, 0.4) is 0 Å². The van der Waals surface area contributed by atoms with Crippen LogP contribution in [0.1, 0.15) is 20.8 Å². The first-order valence-electron chi connectivity index (χ1n) is 3.54. The maximum absolute atomic E-state index is 5.49. The Kier molecular flexibility index (Phi) is 3.63. The number of rotatable bonds is 1. The second-order valence-corrected chi connectivity index (χ2v) is 3.04. The van der Waals surface area contributed by atoms with Crippen molar-refractivity contribution in [1.29, 1.82) is 0 Å². The lowest BCUT2D eigenvalue weighted by atomic mass is 10.0. The van der Waals surface area contributed by atoms with Gasteiger partial charge in [0.25, 0.3) is 0 Å². The van der Waals surface area contributed by atoms with Crippen molar-refractivity contribution >= 4 is 12.4 Å². The minimum absolute atomic E-state index is 0. The summed E-state index contributed by atoms with van der Waals surface area (Å²) >= 11 is 0. The van der Waals surface area contributed by atoms with Crippen LogP contribution in [0.4, 0.5) is 0 Å². The maximum atomic E-state index is 5.49. The molecule has 62 valence electrons. The largest absolute Gasteiger partial charge is 0.359 e. The highest BCUT2D eigenvalue weighted by Gasteiger charge is 2.32. The van der Waals surface area contributed by atoms with Gasteiger partial charge in [0.1, 0.15) is 5.72 Å². The Balaban J connectivity index is 0.000000810. The molecule has 0 aromatic rings. The molecule has 1 unspecified atom stereocenters. The van der Waals surface area contributed by atoms with E-state index in [-0.39, 0.29) is 18.1 Å².